The van der Waals surface area contributed by atoms with Crippen molar-refractivity contribution in [1.82, 2.24) is 0 Å². The first-order chi connectivity index (χ1) is 6.76. The first kappa shape index (κ1) is 10.8. The van der Waals surface area contributed by atoms with Crippen LogP contribution in [0.3, 0.4) is 0 Å². The summed E-state index contributed by atoms with van der Waals surface area (Å²) in [6, 6.07) is 7.35. The Balaban J connectivity index is 2.43. The fourth-order valence-corrected chi connectivity index (χ4v) is 0.963. The number of ether oxygens (including phenoxy) is 1. The number of aliphatic hydroxyl groups excluding tert-OH is 2. The van der Waals surface area contributed by atoms with Crippen LogP contribution in [0.1, 0.15) is 0 Å². The van der Waals surface area contributed by atoms with Gasteiger partial charge in [0, 0.05) is 12.7 Å². The van der Waals surface area contributed by atoms with Crippen molar-refractivity contribution in [2.45, 2.75) is 6.10 Å². The lowest BCUT2D eigenvalue weighted by Gasteiger charge is -2.10. The largest absolute Gasteiger partial charge is 0.491 e. The maximum atomic E-state index is 9.03. The zero-order chi connectivity index (χ0) is 10.4. The Bertz CT molecular complexity index is 261. The molecule has 1 aromatic rings. The van der Waals surface area contributed by atoms with Gasteiger partial charge in [-0.25, -0.2) is 0 Å². The van der Waals surface area contributed by atoms with E-state index in [1.807, 2.05) is 19.2 Å². The van der Waals surface area contributed by atoms with E-state index in [9.17, 15) is 0 Å². The van der Waals surface area contributed by atoms with E-state index in [-0.39, 0.29) is 13.2 Å². The SMILES string of the molecule is CNc1ccc(OCC(O)CO)cc1. The molecule has 0 aliphatic heterocycles. The lowest BCUT2D eigenvalue weighted by atomic mass is 10.3. The van der Waals surface area contributed by atoms with Crippen LogP contribution >= 0.6 is 0 Å². The summed E-state index contributed by atoms with van der Waals surface area (Å²) in [6.07, 6.45) is -0.820. The van der Waals surface area contributed by atoms with E-state index in [0.717, 1.165) is 5.69 Å². The summed E-state index contributed by atoms with van der Waals surface area (Å²) in [5.74, 6) is 0.677. The Morgan fingerprint density at radius 1 is 1.36 bits per heavy atom. The molecule has 0 aromatic heterocycles. The van der Waals surface area contributed by atoms with Crippen molar-refractivity contribution in [1.29, 1.82) is 0 Å². The van der Waals surface area contributed by atoms with E-state index in [1.165, 1.54) is 0 Å². The third kappa shape index (κ3) is 3.24. The molecule has 1 aromatic carbocycles. The average molecular weight is 197 g/mol. The third-order valence-corrected chi connectivity index (χ3v) is 1.80. The molecule has 0 saturated heterocycles. The smallest absolute Gasteiger partial charge is 0.119 e. The molecule has 0 aliphatic carbocycles. The first-order valence-corrected chi connectivity index (χ1v) is 4.46. The van der Waals surface area contributed by atoms with Crippen LogP contribution < -0.4 is 10.1 Å². The molecule has 0 spiro atoms. The molecule has 4 nitrogen and oxygen atoms in total. The molecule has 14 heavy (non-hydrogen) atoms. The normalized spacial score (nSPS) is 12.2. The second kappa shape index (κ2) is 5.47. The summed E-state index contributed by atoms with van der Waals surface area (Å²) in [7, 11) is 1.84. The molecule has 0 aliphatic rings. The Hall–Kier alpha value is -1.26. The number of hydrogen-bond donors (Lipinski definition) is 3. The lowest BCUT2D eigenvalue weighted by Crippen LogP contribution is -2.21. The molecule has 0 fully saturated rings. The van der Waals surface area contributed by atoms with Crippen molar-refractivity contribution in [3.05, 3.63) is 24.3 Å². The molecule has 3 N–H and O–H groups in total. The quantitative estimate of drug-likeness (QED) is 0.641. The highest BCUT2D eigenvalue weighted by Crippen LogP contribution is 2.14. The highest BCUT2D eigenvalue weighted by Gasteiger charge is 2.02. The monoisotopic (exact) mass is 197 g/mol. The van der Waals surface area contributed by atoms with Crippen LogP contribution in [-0.2, 0) is 0 Å². The third-order valence-electron chi connectivity index (χ3n) is 1.80. The molecule has 0 radical (unpaired) electrons. The molecule has 78 valence electrons. The Morgan fingerprint density at radius 3 is 2.50 bits per heavy atom. The van der Waals surface area contributed by atoms with Gasteiger partial charge in [-0.2, -0.15) is 0 Å². The molecule has 0 bridgehead atoms. The van der Waals surface area contributed by atoms with Crippen molar-refractivity contribution < 1.29 is 14.9 Å². The van der Waals surface area contributed by atoms with Gasteiger partial charge in [-0.05, 0) is 24.3 Å². The highest BCUT2D eigenvalue weighted by molar-refractivity contribution is 5.45. The number of benzene rings is 1. The number of anilines is 1. The zero-order valence-corrected chi connectivity index (χ0v) is 8.10. The summed E-state index contributed by atoms with van der Waals surface area (Å²) in [5.41, 5.74) is 1.00. The van der Waals surface area contributed by atoms with Gasteiger partial charge in [0.1, 0.15) is 18.5 Å². The maximum Gasteiger partial charge on any atom is 0.119 e. The van der Waals surface area contributed by atoms with E-state index < -0.39 is 6.10 Å². The minimum Gasteiger partial charge on any atom is -0.491 e. The fourth-order valence-electron chi connectivity index (χ4n) is 0.963. The van der Waals surface area contributed by atoms with Crippen LogP contribution in [0.5, 0.6) is 5.75 Å². The second-order valence-corrected chi connectivity index (χ2v) is 2.92. The van der Waals surface area contributed by atoms with Gasteiger partial charge in [-0.3, -0.25) is 0 Å². The number of rotatable bonds is 5. The molecule has 4 heteroatoms. The van der Waals surface area contributed by atoms with Gasteiger partial charge in [0.15, 0.2) is 0 Å². The molecule has 0 heterocycles. The predicted octanol–water partition coefficient (Wildman–Crippen LogP) is 0.460. The van der Waals surface area contributed by atoms with E-state index >= 15 is 0 Å². The van der Waals surface area contributed by atoms with Crippen LogP contribution in [0, 0.1) is 0 Å². The van der Waals surface area contributed by atoms with Crippen LogP contribution in [0.15, 0.2) is 24.3 Å². The van der Waals surface area contributed by atoms with Crippen LogP contribution in [-0.4, -0.2) is 36.6 Å². The summed E-state index contributed by atoms with van der Waals surface area (Å²) in [6.45, 7) is -0.177. The first-order valence-electron chi connectivity index (χ1n) is 4.46. The van der Waals surface area contributed by atoms with Gasteiger partial charge >= 0.3 is 0 Å². The fraction of sp³-hybridized carbons (Fsp3) is 0.400. The van der Waals surface area contributed by atoms with Crippen molar-refractivity contribution in [3.63, 3.8) is 0 Å². The number of aliphatic hydroxyl groups is 2. The summed E-state index contributed by atoms with van der Waals surface area (Å²) in [4.78, 5) is 0. The van der Waals surface area contributed by atoms with Crippen molar-refractivity contribution in [2.24, 2.45) is 0 Å². The minimum absolute atomic E-state index is 0.107. The zero-order valence-electron chi connectivity index (χ0n) is 8.10. The molecule has 1 rings (SSSR count). The van der Waals surface area contributed by atoms with Crippen LogP contribution in [0.4, 0.5) is 5.69 Å². The van der Waals surface area contributed by atoms with Gasteiger partial charge in [0.05, 0.1) is 6.61 Å². The maximum absolute atomic E-state index is 9.03. The van der Waals surface area contributed by atoms with Gasteiger partial charge in [-0.1, -0.05) is 0 Å². The molecule has 1 unspecified atom stereocenters. The topological polar surface area (TPSA) is 61.7 Å². The number of nitrogens with one attached hydrogen (secondary N) is 1. The van der Waals surface area contributed by atoms with E-state index in [2.05, 4.69) is 5.32 Å². The Morgan fingerprint density at radius 2 is 2.00 bits per heavy atom. The summed E-state index contributed by atoms with van der Waals surface area (Å²) in [5, 5.41) is 20.6. The van der Waals surface area contributed by atoms with Gasteiger partial charge < -0.3 is 20.3 Å². The standard InChI is InChI=1S/C10H15NO3/c1-11-8-2-4-10(5-3-8)14-7-9(13)6-12/h2-5,9,11-13H,6-7H2,1H3. The van der Waals surface area contributed by atoms with Crippen molar-refractivity contribution in [2.75, 3.05) is 25.6 Å². The van der Waals surface area contributed by atoms with Crippen molar-refractivity contribution >= 4 is 5.69 Å². The van der Waals surface area contributed by atoms with E-state index in [0.29, 0.717) is 5.75 Å². The lowest BCUT2D eigenvalue weighted by molar-refractivity contribution is 0.0536. The van der Waals surface area contributed by atoms with E-state index in [4.69, 9.17) is 14.9 Å². The highest BCUT2D eigenvalue weighted by atomic mass is 16.5. The summed E-state index contributed by atoms with van der Waals surface area (Å²) < 4.78 is 5.22. The van der Waals surface area contributed by atoms with Gasteiger partial charge in [0.25, 0.3) is 0 Å². The van der Waals surface area contributed by atoms with Crippen LogP contribution in [0.25, 0.3) is 0 Å². The van der Waals surface area contributed by atoms with Gasteiger partial charge in [-0.15, -0.1) is 0 Å². The van der Waals surface area contributed by atoms with Crippen LogP contribution in [0.2, 0.25) is 0 Å². The molecular formula is C10H15NO3. The van der Waals surface area contributed by atoms with Gasteiger partial charge in [0.2, 0.25) is 0 Å². The second-order valence-electron chi connectivity index (χ2n) is 2.92. The number of hydrogen-bond acceptors (Lipinski definition) is 4. The Labute approximate surface area is 83.1 Å². The minimum atomic E-state index is -0.820. The Kier molecular flexibility index (Phi) is 4.22. The molecule has 0 amide bonds. The molecule has 0 saturated carbocycles. The average Bonchev–Trinajstić information content (AvgIpc) is 2.26. The summed E-state index contributed by atoms with van der Waals surface area (Å²) >= 11 is 0. The van der Waals surface area contributed by atoms with E-state index in [1.54, 1.807) is 12.1 Å². The molecular weight excluding hydrogens is 182 g/mol. The van der Waals surface area contributed by atoms with Crippen molar-refractivity contribution in [3.8, 4) is 5.75 Å². The molecule has 1 atom stereocenters. The predicted molar refractivity (Wildman–Crippen MR) is 54.6 cm³/mol.